The molecule has 5 unspecified atom stereocenters. The van der Waals surface area contributed by atoms with Crippen molar-refractivity contribution in [3.8, 4) is 0 Å². The van der Waals surface area contributed by atoms with Crippen LogP contribution in [0.2, 0.25) is 0 Å². The summed E-state index contributed by atoms with van der Waals surface area (Å²) in [6, 6.07) is 6.21. The first-order valence-corrected chi connectivity index (χ1v) is 15.7. The highest BCUT2D eigenvalue weighted by Crippen LogP contribution is 2.23. The van der Waals surface area contributed by atoms with E-state index >= 15 is 0 Å². The third-order valence-electron chi connectivity index (χ3n) is 8.11. The van der Waals surface area contributed by atoms with Crippen molar-refractivity contribution < 1.29 is 33.5 Å². The van der Waals surface area contributed by atoms with Crippen molar-refractivity contribution in [1.82, 2.24) is 20.9 Å². The van der Waals surface area contributed by atoms with Crippen molar-refractivity contribution >= 4 is 41.1 Å². The molecular formula is C33H49N5O7. The minimum Gasteiger partial charge on any atom is -0.380 e. The van der Waals surface area contributed by atoms with E-state index in [9.17, 15) is 28.8 Å². The highest BCUT2D eigenvalue weighted by Gasteiger charge is 2.29. The van der Waals surface area contributed by atoms with E-state index in [1.165, 1.54) is 19.8 Å². The van der Waals surface area contributed by atoms with Crippen LogP contribution in [0.15, 0.2) is 36.4 Å². The van der Waals surface area contributed by atoms with Gasteiger partial charge in [-0.25, -0.2) is 0 Å². The number of hydrogen-bond donors (Lipinski definition) is 4. The van der Waals surface area contributed by atoms with Crippen LogP contribution in [-0.4, -0.2) is 79.2 Å². The van der Waals surface area contributed by atoms with E-state index in [1.807, 2.05) is 13.0 Å². The average Bonchev–Trinajstić information content (AvgIpc) is 3.32. The minimum absolute atomic E-state index is 0.0590. The standard InChI is InChI=1S/C33H49N5O7/c1-7-21(2)10-8-11-22(3)31(45-6)23(4)32(43)34-17-16-25-12-9-13-26(18-25)37-27(39)19-35-33(44)24(5)36-28(40)20-38-29(41)14-15-30(38)42/h9,12-15,18,21-24,31H,7-8,10-11,16-17,19-20H2,1-6H3,(H,34,43)(H,35,44)(H,36,40)(H,37,39). The molecule has 12 heteroatoms. The average molecular weight is 628 g/mol. The first-order chi connectivity index (χ1) is 21.4. The summed E-state index contributed by atoms with van der Waals surface area (Å²) in [4.78, 5) is 73.7. The molecule has 0 radical (unpaired) electrons. The summed E-state index contributed by atoms with van der Waals surface area (Å²) in [6.45, 7) is 9.51. The molecule has 12 nitrogen and oxygen atoms in total. The van der Waals surface area contributed by atoms with Gasteiger partial charge >= 0.3 is 0 Å². The minimum atomic E-state index is -0.996. The first-order valence-electron chi connectivity index (χ1n) is 15.7. The SMILES string of the molecule is CCC(C)CCCC(C)C(OC)C(C)C(=O)NCCc1cccc(NC(=O)CNC(=O)C(C)NC(=O)CN2C(=O)C=CC2=O)c1. The van der Waals surface area contributed by atoms with Gasteiger partial charge in [0.25, 0.3) is 11.8 Å². The Balaban J connectivity index is 1.74. The molecule has 0 aliphatic carbocycles. The molecule has 1 aromatic rings. The molecule has 2 rings (SSSR count). The summed E-state index contributed by atoms with van der Waals surface area (Å²) in [6.07, 6.45) is 7.01. The van der Waals surface area contributed by atoms with Crippen LogP contribution in [0, 0.1) is 17.8 Å². The molecule has 1 aromatic carbocycles. The van der Waals surface area contributed by atoms with E-state index in [0.29, 0.717) is 24.6 Å². The number of ether oxygens (including phenoxy) is 1. The van der Waals surface area contributed by atoms with Crippen LogP contribution in [0.1, 0.15) is 65.9 Å². The van der Waals surface area contributed by atoms with Crippen LogP contribution in [-0.2, 0) is 39.9 Å². The lowest BCUT2D eigenvalue weighted by Crippen LogP contribution is -2.49. The van der Waals surface area contributed by atoms with Gasteiger partial charge in [0.1, 0.15) is 12.6 Å². The zero-order chi connectivity index (χ0) is 33.5. The third-order valence-corrected chi connectivity index (χ3v) is 8.11. The number of nitrogens with one attached hydrogen (secondary N) is 4. The maximum absolute atomic E-state index is 12.9. The van der Waals surface area contributed by atoms with Crippen molar-refractivity contribution in [2.75, 3.05) is 32.1 Å². The number of nitrogens with zero attached hydrogens (tertiary/aromatic N) is 1. The van der Waals surface area contributed by atoms with Gasteiger partial charge in [0.2, 0.25) is 23.6 Å². The lowest BCUT2D eigenvalue weighted by Gasteiger charge is -2.28. The molecule has 0 saturated heterocycles. The fourth-order valence-corrected chi connectivity index (χ4v) is 5.14. The fourth-order valence-electron chi connectivity index (χ4n) is 5.14. The Bertz CT molecular complexity index is 1220. The number of anilines is 1. The Hall–Kier alpha value is -4.06. The van der Waals surface area contributed by atoms with Crippen molar-refractivity contribution in [3.05, 3.63) is 42.0 Å². The van der Waals surface area contributed by atoms with Gasteiger partial charge in [-0.1, -0.05) is 59.1 Å². The maximum atomic E-state index is 12.9. The van der Waals surface area contributed by atoms with Crippen LogP contribution in [0.5, 0.6) is 0 Å². The van der Waals surface area contributed by atoms with Gasteiger partial charge in [0.15, 0.2) is 0 Å². The second kappa shape index (κ2) is 18.7. The number of methoxy groups -OCH3 is 1. The number of carbonyl (C=O) groups excluding carboxylic acids is 6. The molecule has 0 aromatic heterocycles. The molecule has 6 amide bonds. The van der Waals surface area contributed by atoms with Crippen molar-refractivity contribution in [2.24, 2.45) is 17.8 Å². The van der Waals surface area contributed by atoms with Gasteiger partial charge in [0.05, 0.1) is 18.6 Å². The van der Waals surface area contributed by atoms with Crippen LogP contribution in [0.3, 0.4) is 0 Å². The largest absolute Gasteiger partial charge is 0.380 e. The van der Waals surface area contributed by atoms with E-state index in [0.717, 1.165) is 35.5 Å². The van der Waals surface area contributed by atoms with Crippen LogP contribution in [0.4, 0.5) is 5.69 Å². The van der Waals surface area contributed by atoms with E-state index in [1.54, 1.807) is 25.3 Å². The summed E-state index contributed by atoms with van der Waals surface area (Å²) in [5.74, 6) is -2.34. The molecule has 0 bridgehead atoms. The van der Waals surface area contributed by atoms with E-state index in [2.05, 4.69) is 42.0 Å². The highest BCUT2D eigenvalue weighted by atomic mass is 16.5. The van der Waals surface area contributed by atoms with Gasteiger partial charge in [-0.2, -0.15) is 0 Å². The molecule has 0 spiro atoms. The van der Waals surface area contributed by atoms with Gasteiger partial charge in [-0.15, -0.1) is 0 Å². The van der Waals surface area contributed by atoms with E-state index in [4.69, 9.17) is 4.74 Å². The second-order valence-electron chi connectivity index (χ2n) is 11.8. The topological polar surface area (TPSA) is 163 Å². The van der Waals surface area contributed by atoms with Gasteiger partial charge in [0, 0.05) is 31.5 Å². The predicted molar refractivity (Wildman–Crippen MR) is 171 cm³/mol. The Labute approximate surface area is 266 Å². The summed E-state index contributed by atoms with van der Waals surface area (Å²) in [5, 5.41) is 10.6. The van der Waals surface area contributed by atoms with Crippen molar-refractivity contribution in [3.63, 3.8) is 0 Å². The number of imide groups is 1. The molecule has 1 aliphatic heterocycles. The highest BCUT2D eigenvalue weighted by molar-refractivity contribution is 6.14. The van der Waals surface area contributed by atoms with E-state index in [-0.39, 0.29) is 30.4 Å². The van der Waals surface area contributed by atoms with Crippen molar-refractivity contribution in [1.29, 1.82) is 0 Å². The monoisotopic (exact) mass is 627 g/mol. The van der Waals surface area contributed by atoms with Gasteiger partial charge < -0.3 is 26.0 Å². The number of carbonyl (C=O) groups is 6. The molecule has 5 atom stereocenters. The molecule has 0 saturated carbocycles. The number of hydrogen-bond acceptors (Lipinski definition) is 7. The predicted octanol–water partition coefficient (Wildman–Crippen LogP) is 2.33. The smallest absolute Gasteiger partial charge is 0.254 e. The first kappa shape index (κ1) is 37.1. The Kier molecular flexibility index (Phi) is 15.4. The summed E-state index contributed by atoms with van der Waals surface area (Å²) in [5.41, 5.74) is 1.44. The zero-order valence-electron chi connectivity index (χ0n) is 27.3. The van der Waals surface area contributed by atoms with E-state index < -0.39 is 42.1 Å². The molecular weight excluding hydrogens is 578 g/mol. The maximum Gasteiger partial charge on any atom is 0.254 e. The number of benzene rings is 1. The molecule has 45 heavy (non-hydrogen) atoms. The fraction of sp³-hybridized carbons (Fsp3) is 0.576. The Morgan fingerprint density at radius 2 is 1.60 bits per heavy atom. The van der Waals surface area contributed by atoms with Crippen LogP contribution < -0.4 is 21.3 Å². The number of amides is 6. The third kappa shape index (κ3) is 12.5. The second-order valence-corrected chi connectivity index (χ2v) is 11.8. The summed E-state index contributed by atoms with van der Waals surface area (Å²) in [7, 11) is 1.66. The molecule has 4 N–H and O–H groups in total. The molecule has 1 heterocycles. The lowest BCUT2D eigenvalue weighted by atomic mass is 9.87. The van der Waals surface area contributed by atoms with Gasteiger partial charge in [-0.05, 0) is 49.3 Å². The van der Waals surface area contributed by atoms with Crippen molar-refractivity contribution in [2.45, 2.75) is 78.9 Å². The zero-order valence-corrected chi connectivity index (χ0v) is 27.3. The van der Waals surface area contributed by atoms with Crippen LogP contribution >= 0.6 is 0 Å². The molecule has 248 valence electrons. The molecule has 1 aliphatic rings. The Morgan fingerprint density at radius 1 is 0.911 bits per heavy atom. The number of rotatable bonds is 19. The summed E-state index contributed by atoms with van der Waals surface area (Å²) >= 11 is 0. The quantitative estimate of drug-likeness (QED) is 0.171. The summed E-state index contributed by atoms with van der Waals surface area (Å²) < 4.78 is 5.72. The Morgan fingerprint density at radius 3 is 2.24 bits per heavy atom. The lowest BCUT2D eigenvalue weighted by molar-refractivity contribution is -0.141. The van der Waals surface area contributed by atoms with Gasteiger partial charge in [-0.3, -0.25) is 33.7 Å². The normalized spacial score (nSPS) is 16.0. The van der Waals surface area contributed by atoms with Crippen LogP contribution in [0.25, 0.3) is 0 Å². The molecule has 0 fully saturated rings.